The van der Waals surface area contributed by atoms with Crippen LogP contribution in [-0.4, -0.2) is 67.9 Å². The van der Waals surface area contributed by atoms with Gasteiger partial charge in [-0.05, 0) is 57.2 Å². The number of rotatable bonds is 5. The molecule has 0 atom stereocenters. The largest absolute Gasteiger partial charge is 0.444 e. The van der Waals surface area contributed by atoms with Gasteiger partial charge < -0.3 is 14.5 Å². The van der Waals surface area contributed by atoms with E-state index in [1.165, 1.54) is 6.26 Å². The lowest BCUT2D eigenvalue weighted by Gasteiger charge is -2.35. The average molecular weight is 517 g/mol. The first-order chi connectivity index (χ1) is 16.4. The fraction of sp³-hybridized carbons (Fsp3) is 0.480. The lowest BCUT2D eigenvalue weighted by Crippen LogP contribution is -2.43. The van der Waals surface area contributed by atoms with Crippen molar-refractivity contribution in [2.24, 2.45) is 5.92 Å². The van der Waals surface area contributed by atoms with Gasteiger partial charge in [0.05, 0.1) is 15.1 Å². The van der Waals surface area contributed by atoms with E-state index >= 15 is 0 Å². The number of carbonyl (C=O) groups excluding carboxylic acids is 1. The van der Waals surface area contributed by atoms with Gasteiger partial charge in [-0.3, -0.25) is 0 Å². The number of benzene rings is 1. The van der Waals surface area contributed by atoms with Crippen LogP contribution in [-0.2, 0) is 14.6 Å². The molecule has 1 saturated heterocycles. The molecule has 0 spiro atoms. The maximum atomic E-state index is 12.3. The molecule has 35 heavy (non-hydrogen) atoms. The number of sulfone groups is 1. The molecule has 3 heterocycles. The Morgan fingerprint density at radius 1 is 1.17 bits per heavy atom. The maximum Gasteiger partial charge on any atom is 0.410 e. The number of hydrogen-bond acceptors (Lipinski definition) is 8. The zero-order valence-corrected chi connectivity index (χ0v) is 22.4. The van der Waals surface area contributed by atoms with Crippen LogP contribution >= 0.6 is 11.3 Å². The Balaban J connectivity index is 1.45. The molecule has 1 fully saturated rings. The third-order valence-corrected chi connectivity index (χ3v) is 8.18. The zero-order chi connectivity index (χ0) is 25.4. The number of nitrogens with zero attached hydrogens (tertiary/aromatic N) is 4. The molecule has 0 saturated carbocycles. The summed E-state index contributed by atoms with van der Waals surface area (Å²) in [7, 11) is -1.19. The lowest BCUT2D eigenvalue weighted by molar-refractivity contribution is 0.0186. The molecule has 8 nitrogen and oxygen atoms in total. The molecule has 0 aliphatic carbocycles. The van der Waals surface area contributed by atoms with Crippen LogP contribution in [0.1, 0.15) is 33.6 Å². The van der Waals surface area contributed by atoms with Crippen LogP contribution in [0.2, 0.25) is 0 Å². The van der Waals surface area contributed by atoms with Crippen molar-refractivity contribution in [3.63, 3.8) is 0 Å². The average Bonchev–Trinajstić information content (AvgIpc) is 3.22. The minimum Gasteiger partial charge on any atom is -0.444 e. The fourth-order valence-electron chi connectivity index (χ4n) is 4.30. The first-order valence-electron chi connectivity index (χ1n) is 11.6. The standard InChI is InChI=1S/C25H32N4O4S2/c1-25(2,3)33-24(30)29-12-10-17(11-13-29)14-28(4)23-22-21(26-16-27-23)20(15-34-22)18-6-8-19(9-7-18)35(5,31)32/h6-9,15-17H,10-14H2,1-5H3. The summed E-state index contributed by atoms with van der Waals surface area (Å²) >= 11 is 1.59. The van der Waals surface area contributed by atoms with Crippen molar-refractivity contribution in [1.82, 2.24) is 14.9 Å². The van der Waals surface area contributed by atoms with E-state index in [0.29, 0.717) is 23.9 Å². The van der Waals surface area contributed by atoms with Crippen LogP contribution in [0.3, 0.4) is 0 Å². The summed E-state index contributed by atoms with van der Waals surface area (Å²) < 4.78 is 30.1. The lowest BCUT2D eigenvalue weighted by atomic mass is 9.96. The van der Waals surface area contributed by atoms with Crippen molar-refractivity contribution in [1.29, 1.82) is 0 Å². The van der Waals surface area contributed by atoms with E-state index < -0.39 is 15.4 Å². The highest BCUT2D eigenvalue weighted by Crippen LogP contribution is 2.37. The molecular formula is C25H32N4O4S2. The molecule has 0 unspecified atom stereocenters. The molecule has 4 rings (SSSR count). The molecule has 0 radical (unpaired) electrons. The summed E-state index contributed by atoms with van der Waals surface area (Å²) in [5, 5.41) is 2.05. The van der Waals surface area contributed by atoms with Gasteiger partial charge in [-0.1, -0.05) is 12.1 Å². The topological polar surface area (TPSA) is 92.7 Å². The Bertz CT molecular complexity index is 1310. The maximum absolute atomic E-state index is 12.3. The van der Waals surface area contributed by atoms with Crippen LogP contribution < -0.4 is 4.90 Å². The second-order valence-electron chi connectivity index (χ2n) is 10.1. The minimum absolute atomic E-state index is 0.238. The van der Waals surface area contributed by atoms with Crippen LogP contribution in [0.15, 0.2) is 40.9 Å². The summed E-state index contributed by atoms with van der Waals surface area (Å²) in [6.07, 6.45) is 4.39. The Morgan fingerprint density at radius 2 is 1.83 bits per heavy atom. The van der Waals surface area contributed by atoms with Crippen LogP contribution in [0.5, 0.6) is 0 Å². The number of ether oxygens (including phenoxy) is 1. The third kappa shape index (κ3) is 5.92. The van der Waals surface area contributed by atoms with E-state index in [4.69, 9.17) is 4.74 Å². The number of anilines is 1. The molecule has 1 aromatic carbocycles. The Morgan fingerprint density at radius 3 is 2.43 bits per heavy atom. The van der Waals surface area contributed by atoms with Gasteiger partial charge in [-0.2, -0.15) is 0 Å². The first-order valence-corrected chi connectivity index (χ1v) is 14.4. The van der Waals surface area contributed by atoms with Crippen LogP contribution in [0, 0.1) is 5.92 Å². The number of piperidine rings is 1. The van der Waals surface area contributed by atoms with Gasteiger partial charge >= 0.3 is 6.09 Å². The first kappa shape index (κ1) is 25.4. The van der Waals surface area contributed by atoms with Gasteiger partial charge in [-0.15, -0.1) is 11.3 Å². The Labute approximate surface area is 210 Å². The van der Waals surface area contributed by atoms with Crippen LogP contribution in [0.25, 0.3) is 21.3 Å². The van der Waals surface area contributed by atoms with Gasteiger partial charge in [0.2, 0.25) is 0 Å². The Hall–Kier alpha value is -2.72. The smallest absolute Gasteiger partial charge is 0.410 e. The highest BCUT2D eigenvalue weighted by molar-refractivity contribution is 7.90. The third-order valence-electron chi connectivity index (χ3n) is 6.09. The predicted molar refractivity (Wildman–Crippen MR) is 140 cm³/mol. The summed E-state index contributed by atoms with van der Waals surface area (Å²) in [5.74, 6) is 1.33. The normalized spacial score (nSPS) is 15.4. The highest BCUT2D eigenvalue weighted by Gasteiger charge is 2.28. The van der Waals surface area contributed by atoms with Gasteiger partial charge in [-0.25, -0.2) is 23.2 Å². The van der Waals surface area contributed by atoms with Gasteiger partial charge in [0.1, 0.15) is 17.7 Å². The van der Waals surface area contributed by atoms with Crippen LogP contribution in [0.4, 0.5) is 10.6 Å². The molecule has 1 aliphatic rings. The van der Waals surface area contributed by atoms with Crippen molar-refractivity contribution in [3.05, 3.63) is 36.0 Å². The van der Waals surface area contributed by atoms with E-state index in [1.807, 2.05) is 45.3 Å². The van der Waals surface area contributed by atoms with E-state index in [0.717, 1.165) is 46.5 Å². The van der Waals surface area contributed by atoms with Crippen molar-refractivity contribution in [3.8, 4) is 11.1 Å². The number of amides is 1. The molecule has 10 heteroatoms. The molecular weight excluding hydrogens is 484 g/mol. The van der Waals surface area contributed by atoms with Gasteiger partial charge in [0, 0.05) is 43.9 Å². The van der Waals surface area contributed by atoms with Crippen molar-refractivity contribution < 1.29 is 17.9 Å². The molecule has 2 aromatic heterocycles. The number of carbonyl (C=O) groups is 1. The second kappa shape index (κ2) is 9.73. The van der Waals surface area contributed by atoms with Crippen molar-refractivity contribution >= 4 is 43.3 Å². The van der Waals surface area contributed by atoms with Crippen molar-refractivity contribution in [2.75, 3.05) is 37.8 Å². The molecule has 0 N–H and O–H groups in total. The number of thiophene rings is 1. The predicted octanol–water partition coefficient (Wildman–Crippen LogP) is 4.85. The molecule has 188 valence electrons. The number of hydrogen-bond donors (Lipinski definition) is 0. The minimum atomic E-state index is -3.24. The number of aromatic nitrogens is 2. The molecule has 0 bridgehead atoms. The quantitative estimate of drug-likeness (QED) is 0.479. The van der Waals surface area contributed by atoms with E-state index in [1.54, 1.807) is 34.7 Å². The zero-order valence-electron chi connectivity index (χ0n) is 20.8. The molecule has 1 aliphatic heterocycles. The second-order valence-corrected chi connectivity index (χ2v) is 13.0. The summed E-state index contributed by atoms with van der Waals surface area (Å²) in [6, 6.07) is 6.90. The number of fused-ring (bicyclic) bond motifs is 1. The Kier molecular flexibility index (Phi) is 7.06. The summed E-state index contributed by atoms with van der Waals surface area (Å²) in [6.45, 7) is 7.88. The fourth-order valence-corrected chi connectivity index (χ4v) is 6.00. The van der Waals surface area contributed by atoms with Gasteiger partial charge in [0.15, 0.2) is 9.84 Å². The monoisotopic (exact) mass is 516 g/mol. The van der Waals surface area contributed by atoms with Crippen molar-refractivity contribution in [2.45, 2.75) is 44.1 Å². The summed E-state index contributed by atoms with van der Waals surface area (Å²) in [4.78, 5) is 25.7. The SMILES string of the molecule is CN(CC1CCN(C(=O)OC(C)(C)C)CC1)c1ncnc2c(-c3ccc(S(C)(=O)=O)cc3)csc12. The van der Waals surface area contributed by atoms with E-state index in [9.17, 15) is 13.2 Å². The number of likely N-dealkylation sites (tertiary alicyclic amines) is 1. The summed E-state index contributed by atoms with van der Waals surface area (Å²) in [5.41, 5.74) is 2.26. The van der Waals surface area contributed by atoms with E-state index in [2.05, 4.69) is 14.9 Å². The van der Waals surface area contributed by atoms with Gasteiger partial charge in [0.25, 0.3) is 0 Å². The highest BCUT2D eigenvalue weighted by atomic mass is 32.2. The van der Waals surface area contributed by atoms with E-state index in [-0.39, 0.29) is 6.09 Å². The molecule has 1 amide bonds. The molecule has 3 aromatic rings.